The molecule has 3 nitrogen and oxygen atoms in total. The first kappa shape index (κ1) is 18.9. The van der Waals surface area contributed by atoms with Crippen molar-refractivity contribution in [3.05, 3.63) is 57.6 Å². The fourth-order valence-corrected chi connectivity index (χ4v) is 5.21. The summed E-state index contributed by atoms with van der Waals surface area (Å²) in [6, 6.07) is 11.0. The highest BCUT2D eigenvalue weighted by Gasteiger charge is 2.48. The van der Waals surface area contributed by atoms with Crippen LogP contribution in [-0.2, 0) is 9.84 Å². The van der Waals surface area contributed by atoms with Crippen molar-refractivity contribution in [3.8, 4) is 5.75 Å². The fourth-order valence-electron chi connectivity index (χ4n) is 3.94. The quantitative estimate of drug-likeness (QED) is 0.616. The molecule has 1 fully saturated rings. The van der Waals surface area contributed by atoms with Crippen molar-refractivity contribution in [1.29, 1.82) is 0 Å². The molecule has 0 atom stereocenters. The molecule has 2 aliphatic carbocycles. The van der Waals surface area contributed by atoms with Crippen molar-refractivity contribution in [2.45, 2.75) is 30.6 Å². The molecule has 0 aromatic heterocycles. The highest BCUT2D eigenvalue weighted by atomic mass is 35.5. The van der Waals surface area contributed by atoms with Crippen LogP contribution in [0.1, 0.15) is 36.8 Å². The minimum absolute atomic E-state index is 0.336. The van der Waals surface area contributed by atoms with Crippen LogP contribution in [0.25, 0.3) is 11.1 Å². The third-order valence-electron chi connectivity index (χ3n) is 5.61. The van der Waals surface area contributed by atoms with Crippen molar-refractivity contribution in [3.63, 3.8) is 0 Å². The van der Waals surface area contributed by atoms with E-state index in [4.69, 9.17) is 27.9 Å². The summed E-state index contributed by atoms with van der Waals surface area (Å²) in [5.41, 5.74) is 4.91. The first-order valence-corrected chi connectivity index (χ1v) is 11.4. The fraction of sp³-hybridized carbons (Fsp3) is 0.333. The zero-order chi connectivity index (χ0) is 19.4. The largest absolute Gasteiger partial charge is 0.494 e. The van der Waals surface area contributed by atoms with Crippen LogP contribution in [-0.4, -0.2) is 21.8 Å². The summed E-state index contributed by atoms with van der Waals surface area (Å²) in [6.45, 7) is 0. The van der Waals surface area contributed by atoms with E-state index in [-0.39, 0.29) is 0 Å². The number of hydrogen-bond donors (Lipinski definition) is 0. The molecule has 2 aliphatic rings. The van der Waals surface area contributed by atoms with E-state index in [1.54, 1.807) is 19.2 Å². The summed E-state index contributed by atoms with van der Waals surface area (Å²) in [6.07, 6.45) is 5.66. The predicted molar refractivity (Wildman–Crippen MR) is 110 cm³/mol. The van der Waals surface area contributed by atoms with Crippen LogP contribution in [0.5, 0.6) is 5.75 Å². The van der Waals surface area contributed by atoms with Gasteiger partial charge in [0, 0.05) is 6.26 Å². The molecule has 0 radical (unpaired) electrons. The van der Waals surface area contributed by atoms with Gasteiger partial charge in [-0.05, 0) is 77.6 Å². The lowest BCUT2D eigenvalue weighted by Crippen LogP contribution is -1.97. The maximum atomic E-state index is 11.7. The van der Waals surface area contributed by atoms with E-state index < -0.39 is 9.84 Å². The Kier molecular flexibility index (Phi) is 4.57. The zero-order valence-electron chi connectivity index (χ0n) is 15.2. The van der Waals surface area contributed by atoms with Crippen molar-refractivity contribution >= 4 is 44.2 Å². The third kappa shape index (κ3) is 3.51. The normalized spacial score (nSPS) is 18.2. The van der Waals surface area contributed by atoms with Gasteiger partial charge in [-0.3, -0.25) is 0 Å². The van der Waals surface area contributed by atoms with Gasteiger partial charge in [-0.2, -0.15) is 0 Å². The molecule has 1 spiro atoms. The molecular weight excluding hydrogens is 403 g/mol. The Labute approximate surface area is 169 Å². The summed E-state index contributed by atoms with van der Waals surface area (Å²) in [5.74, 6) is 0.487. The van der Waals surface area contributed by atoms with E-state index in [2.05, 4.69) is 0 Å². The highest BCUT2D eigenvalue weighted by molar-refractivity contribution is 7.90. The van der Waals surface area contributed by atoms with E-state index >= 15 is 0 Å². The molecule has 0 saturated heterocycles. The Hall–Kier alpha value is -1.49. The molecule has 0 N–H and O–H groups in total. The predicted octanol–water partition coefficient (Wildman–Crippen LogP) is 5.89. The van der Waals surface area contributed by atoms with Gasteiger partial charge in [0.2, 0.25) is 0 Å². The maximum Gasteiger partial charge on any atom is 0.175 e. The van der Waals surface area contributed by atoms with E-state index in [0.717, 1.165) is 24.0 Å². The molecule has 0 unspecified atom stereocenters. The van der Waals surface area contributed by atoms with E-state index in [1.807, 2.05) is 24.3 Å². The second-order valence-corrected chi connectivity index (χ2v) is 10.4. The van der Waals surface area contributed by atoms with Crippen molar-refractivity contribution in [1.82, 2.24) is 0 Å². The number of sulfone groups is 1. The second kappa shape index (κ2) is 6.54. The van der Waals surface area contributed by atoms with Gasteiger partial charge in [-0.1, -0.05) is 35.3 Å². The molecule has 4 rings (SSSR count). The van der Waals surface area contributed by atoms with Gasteiger partial charge in [0.15, 0.2) is 15.6 Å². The Balaban J connectivity index is 1.81. The third-order valence-corrected chi connectivity index (χ3v) is 7.30. The number of halogens is 2. The van der Waals surface area contributed by atoms with Crippen LogP contribution in [0, 0.1) is 5.41 Å². The van der Waals surface area contributed by atoms with E-state index in [0.29, 0.717) is 26.1 Å². The lowest BCUT2D eigenvalue weighted by molar-refractivity contribution is 0.415. The average molecular weight is 423 g/mol. The summed E-state index contributed by atoms with van der Waals surface area (Å²) in [7, 11) is -1.65. The smallest absolute Gasteiger partial charge is 0.175 e. The standard InChI is InChI=1S/C21H20Cl2O3S/c1-26-20-18(22)9-14(10-19(20)23)17-12-21(7-8-21)11-16(17)13-3-5-15(6-4-13)27(2,24)25/h3-6,9-10H,7-8,11-12H2,1-2H3. The lowest BCUT2D eigenvalue weighted by atomic mass is 9.97. The van der Waals surface area contributed by atoms with Crippen molar-refractivity contribution in [2.24, 2.45) is 5.41 Å². The summed E-state index contributed by atoms with van der Waals surface area (Å²) >= 11 is 12.7. The van der Waals surface area contributed by atoms with Gasteiger partial charge in [-0.15, -0.1) is 0 Å². The molecular formula is C21H20Cl2O3S. The second-order valence-electron chi connectivity index (χ2n) is 7.58. The highest BCUT2D eigenvalue weighted by Crippen LogP contribution is 2.63. The molecule has 0 aliphatic heterocycles. The Morgan fingerprint density at radius 2 is 1.44 bits per heavy atom. The molecule has 1 saturated carbocycles. The van der Waals surface area contributed by atoms with Crippen LogP contribution in [0.4, 0.5) is 0 Å². The van der Waals surface area contributed by atoms with Gasteiger partial charge < -0.3 is 4.74 Å². The first-order valence-electron chi connectivity index (χ1n) is 8.78. The van der Waals surface area contributed by atoms with Gasteiger partial charge in [0.05, 0.1) is 22.1 Å². The molecule has 2 aromatic carbocycles. The van der Waals surface area contributed by atoms with E-state index in [1.165, 1.54) is 30.2 Å². The Morgan fingerprint density at radius 3 is 1.89 bits per heavy atom. The Bertz CT molecular complexity index is 1030. The molecule has 2 aromatic rings. The first-order chi connectivity index (χ1) is 12.7. The number of allylic oxidation sites excluding steroid dienone is 2. The zero-order valence-corrected chi connectivity index (χ0v) is 17.5. The van der Waals surface area contributed by atoms with Crippen LogP contribution < -0.4 is 4.74 Å². The summed E-state index contributed by atoms with van der Waals surface area (Å²) in [4.78, 5) is 0.336. The van der Waals surface area contributed by atoms with Crippen molar-refractivity contribution in [2.75, 3.05) is 13.4 Å². The van der Waals surface area contributed by atoms with Crippen LogP contribution in [0.3, 0.4) is 0 Å². The minimum Gasteiger partial charge on any atom is -0.494 e. The SMILES string of the molecule is COc1c(Cl)cc(C2=C(c3ccc(S(C)(=O)=O)cc3)CC3(CC3)C2)cc1Cl. The van der Waals surface area contributed by atoms with Crippen molar-refractivity contribution < 1.29 is 13.2 Å². The molecule has 6 heteroatoms. The van der Waals surface area contributed by atoms with Gasteiger partial charge in [0.1, 0.15) is 0 Å². The molecule has 0 amide bonds. The average Bonchev–Trinajstić information content (AvgIpc) is 3.24. The molecule has 0 heterocycles. The van der Waals surface area contributed by atoms with Crippen LogP contribution in [0.15, 0.2) is 41.3 Å². The topological polar surface area (TPSA) is 43.4 Å². The monoisotopic (exact) mass is 422 g/mol. The minimum atomic E-state index is -3.20. The summed E-state index contributed by atoms with van der Waals surface area (Å²) in [5, 5.41) is 0.993. The number of methoxy groups -OCH3 is 1. The molecule has 142 valence electrons. The number of benzene rings is 2. The van der Waals surface area contributed by atoms with Crippen LogP contribution >= 0.6 is 23.2 Å². The summed E-state index contributed by atoms with van der Waals surface area (Å²) < 4.78 is 28.8. The number of hydrogen-bond acceptors (Lipinski definition) is 3. The molecule has 0 bridgehead atoms. The lowest BCUT2D eigenvalue weighted by Gasteiger charge is -2.12. The van der Waals surface area contributed by atoms with Gasteiger partial charge >= 0.3 is 0 Å². The Morgan fingerprint density at radius 1 is 0.926 bits per heavy atom. The number of ether oxygens (including phenoxy) is 1. The van der Waals surface area contributed by atoms with E-state index in [9.17, 15) is 8.42 Å². The van der Waals surface area contributed by atoms with Gasteiger partial charge in [0.25, 0.3) is 0 Å². The number of rotatable bonds is 4. The van der Waals surface area contributed by atoms with Crippen LogP contribution in [0.2, 0.25) is 10.0 Å². The molecule has 27 heavy (non-hydrogen) atoms. The maximum absolute atomic E-state index is 11.7. The van der Waals surface area contributed by atoms with Gasteiger partial charge in [-0.25, -0.2) is 8.42 Å².